The monoisotopic (exact) mass is 274 g/mol. The molecule has 0 aliphatic heterocycles. The third-order valence-electron chi connectivity index (χ3n) is 3.58. The third-order valence-corrected chi connectivity index (χ3v) is 4.92. The summed E-state index contributed by atoms with van der Waals surface area (Å²) >= 11 is 0. The zero-order valence-electron chi connectivity index (χ0n) is 9.86. The fraction of sp³-hybridized carbons (Fsp3) is 0.500. The average molecular weight is 275 g/mol. The second-order valence-electron chi connectivity index (χ2n) is 4.72. The lowest BCUT2D eigenvalue weighted by Gasteiger charge is -2.39. The Labute approximate surface area is 106 Å². The Morgan fingerprint density at radius 1 is 1.35 bits per heavy atom. The topological polar surface area (TPSA) is 43.4 Å². The zero-order valence-corrected chi connectivity index (χ0v) is 11.4. The SMILES string of the molecule is COc1ccc(C2(C)CCC2)cc1S(=O)(=O)Cl. The van der Waals surface area contributed by atoms with Gasteiger partial charge in [-0.05, 0) is 36.0 Å². The molecule has 0 spiro atoms. The molecule has 1 aromatic carbocycles. The van der Waals surface area contributed by atoms with Crippen LogP contribution in [0.3, 0.4) is 0 Å². The Morgan fingerprint density at radius 2 is 2.00 bits per heavy atom. The van der Waals surface area contributed by atoms with Crippen LogP contribution in [0.15, 0.2) is 23.1 Å². The van der Waals surface area contributed by atoms with Crippen molar-refractivity contribution in [2.75, 3.05) is 7.11 Å². The van der Waals surface area contributed by atoms with Crippen molar-refractivity contribution in [1.29, 1.82) is 0 Å². The Hall–Kier alpha value is -0.740. The molecule has 0 unspecified atom stereocenters. The minimum Gasteiger partial charge on any atom is -0.495 e. The maximum absolute atomic E-state index is 11.5. The van der Waals surface area contributed by atoms with Crippen molar-refractivity contribution < 1.29 is 13.2 Å². The van der Waals surface area contributed by atoms with E-state index in [-0.39, 0.29) is 10.3 Å². The summed E-state index contributed by atoms with van der Waals surface area (Å²) in [6.07, 6.45) is 3.35. The van der Waals surface area contributed by atoms with Gasteiger partial charge in [0.25, 0.3) is 9.05 Å². The first-order chi connectivity index (χ1) is 7.87. The maximum atomic E-state index is 11.5. The number of rotatable bonds is 3. The number of methoxy groups -OCH3 is 1. The van der Waals surface area contributed by atoms with E-state index in [0.29, 0.717) is 5.75 Å². The van der Waals surface area contributed by atoms with Gasteiger partial charge >= 0.3 is 0 Å². The Kier molecular flexibility index (Phi) is 3.12. The lowest BCUT2D eigenvalue weighted by Crippen LogP contribution is -2.30. The molecule has 0 radical (unpaired) electrons. The first-order valence-electron chi connectivity index (χ1n) is 5.50. The Bertz CT molecular complexity index is 533. The van der Waals surface area contributed by atoms with E-state index in [1.165, 1.54) is 13.5 Å². The Morgan fingerprint density at radius 3 is 2.41 bits per heavy atom. The summed E-state index contributed by atoms with van der Waals surface area (Å²) in [5, 5.41) is 0. The molecule has 0 heterocycles. The molecule has 3 nitrogen and oxygen atoms in total. The van der Waals surface area contributed by atoms with Crippen molar-refractivity contribution in [3.05, 3.63) is 23.8 Å². The van der Waals surface area contributed by atoms with E-state index in [2.05, 4.69) is 6.92 Å². The quantitative estimate of drug-likeness (QED) is 0.796. The Balaban J connectivity index is 2.53. The number of ether oxygens (including phenoxy) is 1. The third kappa shape index (κ3) is 2.29. The molecule has 94 valence electrons. The van der Waals surface area contributed by atoms with Crippen LogP contribution in [0, 0.1) is 0 Å². The minimum absolute atomic E-state index is 0.0623. The molecule has 0 N–H and O–H groups in total. The first kappa shape index (κ1) is 12.7. The summed E-state index contributed by atoms with van der Waals surface area (Å²) in [6.45, 7) is 2.14. The molecule has 0 atom stereocenters. The zero-order chi connectivity index (χ0) is 12.7. The molecule has 5 heteroatoms. The van der Waals surface area contributed by atoms with Crippen molar-refractivity contribution in [1.82, 2.24) is 0 Å². The molecule has 0 saturated heterocycles. The minimum atomic E-state index is -3.77. The van der Waals surface area contributed by atoms with Crippen LogP contribution in [0.2, 0.25) is 0 Å². The van der Waals surface area contributed by atoms with E-state index in [1.807, 2.05) is 6.07 Å². The van der Waals surface area contributed by atoms with Crippen LogP contribution >= 0.6 is 10.7 Å². The molecular formula is C12H15ClO3S. The van der Waals surface area contributed by atoms with Crippen molar-refractivity contribution >= 4 is 19.7 Å². The predicted molar refractivity (Wildman–Crippen MR) is 67.2 cm³/mol. The summed E-state index contributed by atoms with van der Waals surface area (Å²) in [7, 11) is 3.09. The molecular weight excluding hydrogens is 260 g/mol. The molecule has 2 rings (SSSR count). The number of benzene rings is 1. The summed E-state index contributed by atoms with van der Waals surface area (Å²) in [4.78, 5) is 0.0623. The van der Waals surface area contributed by atoms with Gasteiger partial charge in [-0.25, -0.2) is 8.42 Å². The first-order valence-corrected chi connectivity index (χ1v) is 7.81. The largest absolute Gasteiger partial charge is 0.495 e. The highest BCUT2D eigenvalue weighted by Gasteiger charge is 2.34. The van der Waals surface area contributed by atoms with Gasteiger partial charge in [-0.1, -0.05) is 19.4 Å². The van der Waals surface area contributed by atoms with E-state index < -0.39 is 9.05 Å². The average Bonchev–Trinajstić information content (AvgIpc) is 2.24. The lowest BCUT2D eigenvalue weighted by atomic mass is 9.66. The summed E-state index contributed by atoms with van der Waals surface area (Å²) < 4.78 is 28.0. The highest BCUT2D eigenvalue weighted by Crippen LogP contribution is 2.44. The van der Waals surface area contributed by atoms with Crippen LogP contribution in [-0.4, -0.2) is 15.5 Å². The highest BCUT2D eigenvalue weighted by molar-refractivity contribution is 8.13. The van der Waals surface area contributed by atoms with Crippen LogP contribution in [-0.2, 0) is 14.5 Å². The number of halogens is 1. The van der Waals surface area contributed by atoms with Crippen LogP contribution < -0.4 is 4.74 Å². The number of hydrogen-bond acceptors (Lipinski definition) is 3. The van der Waals surface area contributed by atoms with Gasteiger partial charge in [-0.2, -0.15) is 0 Å². The van der Waals surface area contributed by atoms with E-state index >= 15 is 0 Å². The van der Waals surface area contributed by atoms with Gasteiger partial charge in [0.15, 0.2) is 0 Å². The van der Waals surface area contributed by atoms with Crippen LogP contribution in [0.25, 0.3) is 0 Å². The van der Waals surface area contributed by atoms with Crippen LogP contribution in [0.5, 0.6) is 5.75 Å². The van der Waals surface area contributed by atoms with Crippen molar-refractivity contribution in [3.63, 3.8) is 0 Å². The lowest BCUT2D eigenvalue weighted by molar-refractivity contribution is 0.271. The number of hydrogen-bond donors (Lipinski definition) is 0. The van der Waals surface area contributed by atoms with E-state index in [0.717, 1.165) is 18.4 Å². The normalized spacial score (nSPS) is 18.5. The van der Waals surface area contributed by atoms with Crippen LogP contribution in [0.1, 0.15) is 31.7 Å². The molecule has 17 heavy (non-hydrogen) atoms. The van der Waals surface area contributed by atoms with Gasteiger partial charge in [-0.15, -0.1) is 0 Å². The van der Waals surface area contributed by atoms with E-state index in [4.69, 9.17) is 15.4 Å². The molecule has 1 aliphatic rings. The molecule has 0 aromatic heterocycles. The summed E-state index contributed by atoms with van der Waals surface area (Å²) in [5.41, 5.74) is 1.10. The second kappa shape index (κ2) is 4.18. The van der Waals surface area contributed by atoms with Gasteiger partial charge < -0.3 is 4.74 Å². The highest BCUT2D eigenvalue weighted by atomic mass is 35.7. The smallest absolute Gasteiger partial charge is 0.264 e. The predicted octanol–water partition coefficient (Wildman–Crippen LogP) is 3.06. The summed E-state index contributed by atoms with van der Waals surface area (Å²) in [5.74, 6) is 0.298. The second-order valence-corrected chi connectivity index (χ2v) is 7.25. The molecule has 1 fully saturated rings. The van der Waals surface area contributed by atoms with Crippen molar-refractivity contribution in [3.8, 4) is 5.75 Å². The van der Waals surface area contributed by atoms with Crippen LogP contribution in [0.4, 0.5) is 0 Å². The molecule has 1 aliphatic carbocycles. The van der Waals surface area contributed by atoms with Gasteiger partial charge in [0.05, 0.1) is 7.11 Å². The standard InChI is InChI=1S/C12H15ClO3S/c1-12(6-3-7-12)9-4-5-10(16-2)11(8-9)17(13,14)15/h4-5,8H,3,6-7H2,1-2H3. The molecule has 0 amide bonds. The van der Waals surface area contributed by atoms with Crippen molar-refractivity contribution in [2.24, 2.45) is 0 Å². The fourth-order valence-electron chi connectivity index (χ4n) is 2.24. The maximum Gasteiger partial charge on any atom is 0.264 e. The van der Waals surface area contributed by atoms with Crippen molar-refractivity contribution in [2.45, 2.75) is 36.5 Å². The van der Waals surface area contributed by atoms with Gasteiger partial charge in [0.2, 0.25) is 0 Å². The fourth-order valence-corrected chi connectivity index (χ4v) is 3.26. The molecule has 0 bridgehead atoms. The van der Waals surface area contributed by atoms with Gasteiger partial charge in [0.1, 0.15) is 10.6 Å². The van der Waals surface area contributed by atoms with E-state index in [9.17, 15) is 8.42 Å². The molecule has 1 aromatic rings. The summed E-state index contributed by atoms with van der Waals surface area (Å²) in [6, 6.07) is 5.23. The van der Waals surface area contributed by atoms with Gasteiger partial charge in [-0.3, -0.25) is 0 Å². The molecule has 1 saturated carbocycles. The van der Waals surface area contributed by atoms with E-state index in [1.54, 1.807) is 12.1 Å². The van der Waals surface area contributed by atoms with Gasteiger partial charge in [0, 0.05) is 10.7 Å².